The first kappa shape index (κ1) is 15.8. The van der Waals surface area contributed by atoms with E-state index in [0.29, 0.717) is 5.69 Å². The summed E-state index contributed by atoms with van der Waals surface area (Å²) in [7, 11) is 0. The molecule has 18 heavy (non-hydrogen) atoms. The number of halogens is 5. The van der Waals surface area contributed by atoms with Crippen LogP contribution in [0.1, 0.15) is 0 Å². The molecule has 3 nitrogen and oxygen atoms in total. The number of carbonyl (C=O) groups is 1. The molecule has 0 saturated carbocycles. The summed E-state index contributed by atoms with van der Waals surface area (Å²) in [5.74, 6) is -0.865. The van der Waals surface area contributed by atoms with Gasteiger partial charge in [-0.3, -0.25) is 4.79 Å². The van der Waals surface area contributed by atoms with Crippen molar-refractivity contribution in [2.75, 3.05) is 12.0 Å². The number of benzene rings is 1. The van der Waals surface area contributed by atoms with Crippen LogP contribution >= 0.6 is 50.7 Å². The van der Waals surface area contributed by atoms with E-state index in [-0.39, 0.29) is 0 Å². The molecule has 0 aliphatic carbocycles. The highest BCUT2D eigenvalue weighted by Crippen LogP contribution is 2.31. The average molecular weight is 378 g/mol. The third-order valence-corrected chi connectivity index (χ3v) is 3.09. The Labute approximate surface area is 127 Å². The molecule has 0 spiro atoms. The van der Waals surface area contributed by atoms with Crippen LogP contribution in [-0.2, 0) is 4.79 Å². The van der Waals surface area contributed by atoms with Crippen molar-refractivity contribution in [2.45, 2.75) is 9.96 Å². The van der Waals surface area contributed by atoms with Gasteiger partial charge in [-0.05, 0) is 24.3 Å². The molecule has 0 aliphatic heterocycles. The SMILES string of the molecule is O=C(CF)N[C@H](Nc1ccc(Br)cc1)C(Cl)(Cl)Cl. The van der Waals surface area contributed by atoms with Gasteiger partial charge in [-0.2, -0.15) is 0 Å². The van der Waals surface area contributed by atoms with Gasteiger partial charge in [-0.1, -0.05) is 50.7 Å². The highest BCUT2D eigenvalue weighted by atomic mass is 79.9. The van der Waals surface area contributed by atoms with E-state index in [0.717, 1.165) is 4.47 Å². The van der Waals surface area contributed by atoms with Gasteiger partial charge in [-0.25, -0.2) is 4.39 Å². The molecule has 0 unspecified atom stereocenters. The minimum Gasteiger partial charge on any atom is -0.362 e. The Balaban J connectivity index is 2.78. The van der Waals surface area contributed by atoms with Gasteiger partial charge in [-0.15, -0.1) is 0 Å². The molecule has 0 aliphatic rings. The smallest absolute Gasteiger partial charge is 0.253 e. The summed E-state index contributed by atoms with van der Waals surface area (Å²) in [6, 6.07) is 6.98. The molecule has 0 bridgehead atoms. The van der Waals surface area contributed by atoms with Crippen LogP contribution in [-0.4, -0.2) is 22.5 Å². The minimum absolute atomic E-state index is 0.619. The fourth-order valence-electron chi connectivity index (χ4n) is 1.11. The predicted octanol–water partition coefficient (Wildman–Crippen LogP) is 3.64. The summed E-state index contributed by atoms with van der Waals surface area (Å²) in [6.07, 6.45) is -1.04. The fraction of sp³-hybridized carbons (Fsp3) is 0.300. The lowest BCUT2D eigenvalue weighted by Gasteiger charge is -2.27. The molecule has 0 saturated heterocycles. The molecule has 0 aromatic heterocycles. The summed E-state index contributed by atoms with van der Waals surface area (Å²) in [4.78, 5) is 11.0. The Morgan fingerprint density at radius 1 is 1.33 bits per heavy atom. The lowest BCUT2D eigenvalue weighted by molar-refractivity contribution is -0.122. The van der Waals surface area contributed by atoms with E-state index in [2.05, 4.69) is 26.6 Å². The van der Waals surface area contributed by atoms with E-state index < -0.39 is 22.5 Å². The van der Waals surface area contributed by atoms with E-state index in [1.54, 1.807) is 24.3 Å². The van der Waals surface area contributed by atoms with Crippen LogP contribution in [0.5, 0.6) is 0 Å². The summed E-state index contributed by atoms with van der Waals surface area (Å²) < 4.78 is 11.2. The Morgan fingerprint density at radius 2 is 1.89 bits per heavy atom. The molecule has 2 N–H and O–H groups in total. The van der Waals surface area contributed by atoms with Crippen LogP contribution in [0.25, 0.3) is 0 Å². The van der Waals surface area contributed by atoms with Gasteiger partial charge >= 0.3 is 0 Å². The Morgan fingerprint density at radius 3 is 2.33 bits per heavy atom. The zero-order valence-corrected chi connectivity index (χ0v) is 12.7. The molecule has 0 fully saturated rings. The van der Waals surface area contributed by atoms with Gasteiger partial charge < -0.3 is 10.6 Å². The number of anilines is 1. The molecule has 1 rings (SSSR count). The first-order valence-corrected chi connectivity index (χ1v) is 6.70. The molecule has 1 atom stereocenters. The van der Waals surface area contributed by atoms with Crippen LogP contribution < -0.4 is 10.6 Å². The number of hydrogen-bond acceptors (Lipinski definition) is 2. The van der Waals surface area contributed by atoms with Gasteiger partial charge in [0.05, 0.1) is 0 Å². The van der Waals surface area contributed by atoms with Crippen LogP contribution in [0.15, 0.2) is 28.7 Å². The first-order valence-electron chi connectivity index (χ1n) is 4.77. The fourth-order valence-corrected chi connectivity index (χ4v) is 1.70. The second-order valence-electron chi connectivity index (χ2n) is 3.33. The maximum atomic E-state index is 12.2. The van der Waals surface area contributed by atoms with E-state index in [9.17, 15) is 9.18 Å². The van der Waals surface area contributed by atoms with E-state index >= 15 is 0 Å². The average Bonchev–Trinajstić information content (AvgIpc) is 2.29. The van der Waals surface area contributed by atoms with Crippen LogP contribution in [0.4, 0.5) is 10.1 Å². The second-order valence-corrected chi connectivity index (χ2v) is 6.61. The number of hydrogen-bond donors (Lipinski definition) is 2. The van der Waals surface area contributed by atoms with Crippen LogP contribution in [0, 0.1) is 0 Å². The highest BCUT2D eigenvalue weighted by Gasteiger charge is 2.33. The van der Waals surface area contributed by atoms with Crippen molar-refractivity contribution in [2.24, 2.45) is 0 Å². The van der Waals surface area contributed by atoms with Crippen molar-refractivity contribution in [3.63, 3.8) is 0 Å². The zero-order chi connectivity index (χ0) is 13.8. The summed E-state index contributed by atoms with van der Waals surface area (Å²) in [5.41, 5.74) is 0.619. The minimum atomic E-state index is -1.81. The van der Waals surface area contributed by atoms with Crippen LogP contribution in [0.3, 0.4) is 0 Å². The van der Waals surface area contributed by atoms with Crippen molar-refractivity contribution in [1.82, 2.24) is 5.32 Å². The molecule has 0 heterocycles. The van der Waals surface area contributed by atoms with Gasteiger partial charge in [0.2, 0.25) is 3.79 Å². The normalized spacial score (nSPS) is 12.9. The summed E-state index contributed by atoms with van der Waals surface area (Å²) in [6.45, 7) is -1.18. The first-order chi connectivity index (χ1) is 8.32. The number of amides is 1. The molecule has 1 amide bonds. The zero-order valence-electron chi connectivity index (χ0n) is 8.89. The van der Waals surface area contributed by atoms with E-state index in [1.165, 1.54) is 0 Å². The maximum absolute atomic E-state index is 12.2. The molecular formula is C10H9BrCl3FN2O. The number of carbonyl (C=O) groups excluding carboxylic acids is 1. The van der Waals surface area contributed by atoms with Gasteiger partial charge in [0.15, 0.2) is 6.67 Å². The molecule has 0 radical (unpaired) electrons. The molecular weight excluding hydrogens is 369 g/mol. The Bertz CT molecular complexity index is 411. The number of rotatable bonds is 4. The highest BCUT2D eigenvalue weighted by molar-refractivity contribution is 9.10. The predicted molar refractivity (Wildman–Crippen MR) is 76.0 cm³/mol. The van der Waals surface area contributed by atoms with Gasteiger partial charge in [0.1, 0.15) is 6.17 Å². The third-order valence-electron chi connectivity index (χ3n) is 1.91. The third kappa shape index (κ3) is 5.18. The van der Waals surface area contributed by atoms with E-state index in [1.807, 2.05) is 0 Å². The quantitative estimate of drug-likeness (QED) is 0.620. The van der Waals surface area contributed by atoms with Crippen molar-refractivity contribution in [3.05, 3.63) is 28.7 Å². The van der Waals surface area contributed by atoms with Crippen molar-refractivity contribution < 1.29 is 9.18 Å². The Hall–Kier alpha value is -0.230. The number of alkyl halides is 4. The lowest BCUT2D eigenvalue weighted by atomic mass is 10.3. The standard InChI is InChI=1S/C10H9BrCl3FN2O/c11-6-1-3-7(4-2-6)16-9(10(12,13)14)17-8(18)5-15/h1-4,9,16H,5H2,(H,17,18)/t9-/m0/s1. The monoisotopic (exact) mass is 376 g/mol. The van der Waals surface area contributed by atoms with Crippen LogP contribution in [0.2, 0.25) is 0 Å². The largest absolute Gasteiger partial charge is 0.362 e. The Kier molecular flexibility index (Phi) is 5.98. The van der Waals surface area contributed by atoms with Crippen molar-refractivity contribution in [3.8, 4) is 0 Å². The molecule has 8 heteroatoms. The summed E-state index contributed by atoms with van der Waals surface area (Å²) in [5, 5.41) is 5.03. The lowest BCUT2D eigenvalue weighted by Crippen LogP contribution is -2.49. The van der Waals surface area contributed by atoms with E-state index in [4.69, 9.17) is 34.8 Å². The van der Waals surface area contributed by atoms with Crippen molar-refractivity contribution in [1.29, 1.82) is 0 Å². The van der Waals surface area contributed by atoms with Gasteiger partial charge in [0, 0.05) is 10.2 Å². The van der Waals surface area contributed by atoms with Gasteiger partial charge in [0.25, 0.3) is 5.91 Å². The molecule has 100 valence electrons. The molecule has 1 aromatic rings. The molecule has 1 aromatic carbocycles. The topological polar surface area (TPSA) is 41.1 Å². The summed E-state index contributed by atoms with van der Waals surface area (Å²) >= 11 is 20.4. The second kappa shape index (κ2) is 6.80. The maximum Gasteiger partial charge on any atom is 0.253 e. The van der Waals surface area contributed by atoms with Crippen molar-refractivity contribution >= 4 is 62.3 Å². The number of nitrogens with one attached hydrogen (secondary N) is 2.